The Labute approximate surface area is 192 Å². The summed E-state index contributed by atoms with van der Waals surface area (Å²) < 4.78 is 5.67. The normalized spacial score (nSPS) is 19.3. The maximum Gasteiger partial charge on any atom is 0.300 e. The predicted octanol–water partition coefficient (Wildman–Crippen LogP) is 4.65. The Balaban J connectivity index is 1.70. The van der Waals surface area contributed by atoms with E-state index in [-0.39, 0.29) is 11.3 Å². The highest BCUT2D eigenvalue weighted by atomic mass is 16.5. The minimum atomic E-state index is -0.785. The molecule has 166 valence electrons. The van der Waals surface area contributed by atoms with Crippen molar-refractivity contribution >= 4 is 23.1 Å². The number of aryl methyl sites for hydroxylation is 3. The molecule has 1 atom stereocenters. The number of aromatic nitrogens is 1. The van der Waals surface area contributed by atoms with Crippen molar-refractivity contribution in [2.75, 3.05) is 11.5 Å². The van der Waals surface area contributed by atoms with Gasteiger partial charge in [0.05, 0.1) is 18.2 Å². The first-order valence-corrected chi connectivity index (χ1v) is 11.0. The molecule has 3 heterocycles. The molecule has 33 heavy (non-hydrogen) atoms. The molecule has 0 saturated carbocycles. The third-order valence-corrected chi connectivity index (χ3v) is 6.24. The topological polar surface area (TPSA) is 79.7 Å². The zero-order valence-electron chi connectivity index (χ0n) is 18.5. The number of carbonyl (C=O) groups is 2. The first-order chi connectivity index (χ1) is 16.0. The molecule has 1 amide bonds. The van der Waals surface area contributed by atoms with Crippen LogP contribution in [0.25, 0.3) is 5.76 Å². The van der Waals surface area contributed by atoms with Crippen LogP contribution in [-0.2, 0) is 16.0 Å². The second-order valence-electron chi connectivity index (χ2n) is 8.52. The average molecular weight is 440 g/mol. The van der Waals surface area contributed by atoms with Crippen LogP contribution in [0.2, 0.25) is 0 Å². The van der Waals surface area contributed by atoms with Crippen LogP contribution in [0.3, 0.4) is 0 Å². The fraction of sp³-hybridized carbons (Fsp3) is 0.222. The van der Waals surface area contributed by atoms with Crippen molar-refractivity contribution in [3.63, 3.8) is 0 Å². The molecular formula is C27H24N2O4. The van der Waals surface area contributed by atoms with Gasteiger partial charge in [-0.15, -0.1) is 0 Å². The minimum Gasteiger partial charge on any atom is -0.507 e. The lowest BCUT2D eigenvalue weighted by Gasteiger charge is -2.27. The van der Waals surface area contributed by atoms with Gasteiger partial charge in [0.2, 0.25) is 0 Å². The Morgan fingerprint density at radius 1 is 1.12 bits per heavy atom. The van der Waals surface area contributed by atoms with E-state index in [9.17, 15) is 14.7 Å². The highest BCUT2D eigenvalue weighted by Crippen LogP contribution is 2.43. The molecule has 0 radical (unpaired) electrons. The zero-order valence-corrected chi connectivity index (χ0v) is 18.5. The molecule has 1 N–H and O–H groups in total. The Bertz CT molecular complexity index is 1300. The molecule has 2 aliphatic rings. The molecule has 1 aromatic heterocycles. The second kappa shape index (κ2) is 8.20. The van der Waals surface area contributed by atoms with Gasteiger partial charge in [0.25, 0.3) is 11.7 Å². The predicted molar refractivity (Wildman–Crippen MR) is 125 cm³/mol. The van der Waals surface area contributed by atoms with Crippen molar-refractivity contribution in [1.82, 2.24) is 4.98 Å². The van der Waals surface area contributed by atoms with Gasteiger partial charge in [-0.3, -0.25) is 19.5 Å². The smallest absolute Gasteiger partial charge is 0.300 e. The van der Waals surface area contributed by atoms with Gasteiger partial charge in [-0.1, -0.05) is 23.8 Å². The fourth-order valence-corrected chi connectivity index (χ4v) is 4.67. The maximum atomic E-state index is 13.3. The summed E-state index contributed by atoms with van der Waals surface area (Å²) in [6.07, 6.45) is 4.99. The van der Waals surface area contributed by atoms with E-state index < -0.39 is 17.7 Å². The van der Waals surface area contributed by atoms with Crippen LogP contribution >= 0.6 is 0 Å². The highest BCUT2D eigenvalue weighted by Gasteiger charge is 2.47. The van der Waals surface area contributed by atoms with Gasteiger partial charge >= 0.3 is 0 Å². The van der Waals surface area contributed by atoms with E-state index in [2.05, 4.69) is 4.98 Å². The van der Waals surface area contributed by atoms with Gasteiger partial charge in [0.1, 0.15) is 11.5 Å². The molecular weight excluding hydrogens is 416 g/mol. The van der Waals surface area contributed by atoms with Crippen LogP contribution < -0.4 is 9.64 Å². The van der Waals surface area contributed by atoms with Crippen LogP contribution in [0.1, 0.15) is 40.3 Å². The quantitative estimate of drug-likeness (QED) is 0.364. The maximum absolute atomic E-state index is 13.3. The van der Waals surface area contributed by atoms with E-state index in [4.69, 9.17) is 4.74 Å². The third-order valence-electron chi connectivity index (χ3n) is 6.24. The van der Waals surface area contributed by atoms with Gasteiger partial charge in [0, 0.05) is 23.6 Å². The summed E-state index contributed by atoms with van der Waals surface area (Å²) in [4.78, 5) is 32.3. The van der Waals surface area contributed by atoms with Crippen molar-refractivity contribution in [2.45, 2.75) is 32.7 Å². The second-order valence-corrected chi connectivity index (χ2v) is 8.52. The molecule has 2 aliphatic heterocycles. The van der Waals surface area contributed by atoms with Crippen molar-refractivity contribution in [3.05, 3.63) is 94.3 Å². The molecule has 2 aromatic carbocycles. The number of pyridine rings is 1. The molecule has 6 nitrogen and oxygen atoms in total. The zero-order chi connectivity index (χ0) is 23.1. The molecule has 1 saturated heterocycles. The van der Waals surface area contributed by atoms with E-state index in [0.717, 1.165) is 35.3 Å². The fourth-order valence-electron chi connectivity index (χ4n) is 4.67. The number of hydrogen-bond acceptors (Lipinski definition) is 5. The first-order valence-electron chi connectivity index (χ1n) is 11.0. The number of anilines is 1. The van der Waals surface area contributed by atoms with Gasteiger partial charge < -0.3 is 9.84 Å². The van der Waals surface area contributed by atoms with Crippen LogP contribution in [0.5, 0.6) is 5.75 Å². The third kappa shape index (κ3) is 3.57. The number of Topliss-reactive ketones (excluding diaryl/α,β-unsaturated/α-hetero) is 1. The van der Waals surface area contributed by atoms with E-state index in [0.29, 0.717) is 23.4 Å². The number of fused-ring (bicyclic) bond motifs is 1. The molecule has 0 aliphatic carbocycles. The number of ether oxygens (including phenoxy) is 1. The van der Waals surface area contributed by atoms with Crippen LogP contribution in [0.15, 0.2) is 66.5 Å². The Kier molecular flexibility index (Phi) is 5.21. The summed E-state index contributed by atoms with van der Waals surface area (Å²) in [6.45, 7) is 4.55. The lowest BCUT2D eigenvalue weighted by molar-refractivity contribution is -0.132. The number of rotatable bonds is 3. The van der Waals surface area contributed by atoms with Crippen molar-refractivity contribution in [1.29, 1.82) is 0 Å². The Hall–Kier alpha value is -3.93. The van der Waals surface area contributed by atoms with Crippen LogP contribution in [0.4, 0.5) is 5.69 Å². The standard InChI is InChI=1S/C27H24N2O4/c1-16-7-9-21(17(2)13-16)29-24(20-5-3-11-28-15-20)23(26(31)27(29)32)25(30)19-8-10-22-18(14-19)6-4-12-33-22/h3,5,7-11,13-15,24,30H,4,6,12H2,1-2H3/b25-23-. The highest BCUT2D eigenvalue weighted by molar-refractivity contribution is 6.51. The Morgan fingerprint density at radius 3 is 2.73 bits per heavy atom. The molecule has 1 fully saturated rings. The van der Waals surface area contributed by atoms with Crippen molar-refractivity contribution < 1.29 is 19.4 Å². The number of aliphatic hydroxyl groups excluding tert-OH is 1. The number of carbonyl (C=O) groups excluding carboxylic acids is 2. The summed E-state index contributed by atoms with van der Waals surface area (Å²) in [5.74, 6) is -0.783. The molecule has 1 unspecified atom stereocenters. The number of aliphatic hydroxyl groups is 1. The summed E-state index contributed by atoms with van der Waals surface area (Å²) in [5, 5.41) is 11.3. The lowest BCUT2D eigenvalue weighted by Crippen LogP contribution is -2.30. The summed E-state index contributed by atoms with van der Waals surface area (Å²) in [6, 6.07) is 13.9. The van der Waals surface area contributed by atoms with Crippen molar-refractivity contribution in [3.8, 4) is 5.75 Å². The van der Waals surface area contributed by atoms with E-state index in [1.54, 1.807) is 24.5 Å². The number of amides is 1. The minimum absolute atomic E-state index is 0.0599. The van der Waals surface area contributed by atoms with Gasteiger partial charge in [-0.2, -0.15) is 0 Å². The van der Waals surface area contributed by atoms with E-state index in [1.807, 2.05) is 50.2 Å². The van der Waals surface area contributed by atoms with Gasteiger partial charge in [-0.25, -0.2) is 0 Å². The molecule has 0 spiro atoms. The first kappa shape index (κ1) is 20.9. The number of hydrogen-bond donors (Lipinski definition) is 1. The van der Waals surface area contributed by atoms with E-state index in [1.165, 1.54) is 4.90 Å². The summed E-state index contributed by atoms with van der Waals surface area (Å²) in [7, 11) is 0. The van der Waals surface area contributed by atoms with Gasteiger partial charge in [-0.05, 0) is 73.7 Å². The summed E-state index contributed by atoms with van der Waals surface area (Å²) in [5.41, 5.74) is 4.75. The molecule has 0 bridgehead atoms. The number of nitrogens with zero attached hydrogens (tertiary/aromatic N) is 2. The average Bonchev–Trinajstić information content (AvgIpc) is 3.09. The number of benzene rings is 2. The molecule has 5 rings (SSSR count). The Morgan fingerprint density at radius 2 is 1.97 bits per heavy atom. The monoisotopic (exact) mass is 440 g/mol. The van der Waals surface area contributed by atoms with E-state index >= 15 is 0 Å². The van der Waals surface area contributed by atoms with Crippen molar-refractivity contribution in [2.24, 2.45) is 0 Å². The number of ketones is 1. The molecule has 6 heteroatoms. The van der Waals surface area contributed by atoms with Crippen LogP contribution in [0, 0.1) is 13.8 Å². The largest absolute Gasteiger partial charge is 0.507 e. The SMILES string of the molecule is Cc1ccc(N2C(=O)C(=O)/C(=C(\O)c3ccc4c(c3)CCCO4)C2c2cccnc2)c(C)c1. The lowest BCUT2D eigenvalue weighted by atomic mass is 9.94. The van der Waals surface area contributed by atoms with Gasteiger partial charge in [0.15, 0.2) is 0 Å². The van der Waals surface area contributed by atoms with Crippen LogP contribution in [-0.4, -0.2) is 28.4 Å². The summed E-state index contributed by atoms with van der Waals surface area (Å²) >= 11 is 0. The molecule has 3 aromatic rings.